The van der Waals surface area contributed by atoms with Crippen LogP contribution < -0.4 is 10.6 Å². The van der Waals surface area contributed by atoms with Crippen LogP contribution in [0.1, 0.15) is 57.9 Å². The Morgan fingerprint density at radius 2 is 1.80 bits per heavy atom. The highest BCUT2D eigenvalue weighted by molar-refractivity contribution is 5.90. The highest BCUT2D eigenvalue weighted by Gasteiger charge is 2.60. The van der Waals surface area contributed by atoms with E-state index < -0.39 is 17.8 Å². The Balaban J connectivity index is 1.31. The van der Waals surface area contributed by atoms with Crippen LogP contribution in [0.5, 0.6) is 0 Å². The summed E-state index contributed by atoms with van der Waals surface area (Å²) in [6, 6.07) is 4.62. The number of nitrogens with one attached hydrogen (secondary N) is 2. The Labute approximate surface area is 204 Å². The number of alkyl halides is 3. The van der Waals surface area contributed by atoms with Gasteiger partial charge in [-0.1, -0.05) is 32.1 Å². The number of carbonyl (C=O) groups is 2. The lowest BCUT2D eigenvalue weighted by molar-refractivity contribution is -0.138. The number of anilines is 1. The van der Waals surface area contributed by atoms with Crippen LogP contribution in [0, 0.1) is 28.6 Å². The van der Waals surface area contributed by atoms with Gasteiger partial charge in [0.2, 0.25) is 5.91 Å². The number of hydrogen-bond acceptors (Lipinski definition) is 2. The van der Waals surface area contributed by atoms with Gasteiger partial charge in [-0.25, -0.2) is 4.79 Å². The maximum absolute atomic E-state index is 13.3. The Hall–Kier alpha value is -2.51. The van der Waals surface area contributed by atoms with Crippen molar-refractivity contribution in [2.75, 3.05) is 12.4 Å². The zero-order chi connectivity index (χ0) is 25.2. The number of nitrogens with zero attached hydrogens (tertiary/aromatic N) is 1. The Kier molecular flexibility index (Phi) is 5.72. The van der Waals surface area contributed by atoms with E-state index in [-0.39, 0.29) is 34.5 Å². The number of hydrogen-bond donors (Lipinski definition) is 2. The number of carbonyl (C=O) groups excluding carboxylic acids is 2. The maximum Gasteiger partial charge on any atom is 0.418 e. The molecule has 5 rings (SSSR count). The van der Waals surface area contributed by atoms with Gasteiger partial charge in [-0.05, 0) is 79.9 Å². The van der Waals surface area contributed by atoms with E-state index in [2.05, 4.69) is 30.6 Å². The van der Waals surface area contributed by atoms with E-state index in [1.165, 1.54) is 18.2 Å². The van der Waals surface area contributed by atoms with Crippen molar-refractivity contribution in [2.24, 2.45) is 28.6 Å². The molecule has 3 aliphatic carbocycles. The third-order valence-electron chi connectivity index (χ3n) is 9.91. The molecule has 2 N–H and O–H groups in total. The lowest BCUT2D eigenvalue weighted by Gasteiger charge is -2.60. The summed E-state index contributed by atoms with van der Waals surface area (Å²) in [4.78, 5) is 27.0. The summed E-state index contributed by atoms with van der Waals surface area (Å²) in [6.45, 7) is 4.54. The van der Waals surface area contributed by atoms with E-state index in [4.69, 9.17) is 0 Å². The number of para-hydroxylation sites is 1. The van der Waals surface area contributed by atoms with Gasteiger partial charge in [0.15, 0.2) is 0 Å². The van der Waals surface area contributed by atoms with Crippen molar-refractivity contribution < 1.29 is 22.8 Å². The molecule has 3 amide bonds. The SMILES string of the molecule is CN1C(=O)C=C[C@]2(C)C3CC[C@@]4(C)C(CC[C@@H]4NC(=O)Nc4ccccc4C(F)(F)F)C3CC[C@@H]12. The van der Waals surface area contributed by atoms with Crippen molar-refractivity contribution in [1.82, 2.24) is 10.2 Å². The highest BCUT2D eigenvalue weighted by Crippen LogP contribution is 2.63. The van der Waals surface area contributed by atoms with Gasteiger partial charge < -0.3 is 15.5 Å². The van der Waals surface area contributed by atoms with Crippen molar-refractivity contribution in [1.29, 1.82) is 0 Å². The fraction of sp³-hybridized carbons (Fsp3) is 0.630. The van der Waals surface area contributed by atoms with Crippen LogP contribution in [0.3, 0.4) is 0 Å². The zero-order valence-corrected chi connectivity index (χ0v) is 20.5. The van der Waals surface area contributed by atoms with Crippen LogP contribution >= 0.6 is 0 Å². The third kappa shape index (κ3) is 3.84. The molecule has 1 aliphatic heterocycles. The summed E-state index contributed by atoms with van der Waals surface area (Å²) < 4.78 is 40.0. The third-order valence-corrected chi connectivity index (χ3v) is 9.91. The molecule has 1 aromatic carbocycles. The summed E-state index contributed by atoms with van der Waals surface area (Å²) in [5, 5.41) is 5.48. The van der Waals surface area contributed by atoms with Crippen molar-refractivity contribution in [3.8, 4) is 0 Å². The minimum atomic E-state index is -4.53. The quantitative estimate of drug-likeness (QED) is 0.549. The smallest absolute Gasteiger partial charge is 0.338 e. The average molecular weight is 490 g/mol. The highest BCUT2D eigenvalue weighted by atomic mass is 19.4. The normalized spacial score (nSPS) is 38.4. The van der Waals surface area contributed by atoms with Crippen LogP contribution in [0.4, 0.5) is 23.7 Å². The van der Waals surface area contributed by atoms with Gasteiger partial charge in [-0.15, -0.1) is 0 Å². The summed E-state index contributed by atoms with van der Waals surface area (Å²) in [5.74, 6) is 1.53. The van der Waals surface area contributed by atoms with Crippen molar-refractivity contribution >= 4 is 17.6 Å². The Morgan fingerprint density at radius 3 is 2.54 bits per heavy atom. The summed E-state index contributed by atoms with van der Waals surface area (Å²) in [6.07, 6.45) is 5.19. The first-order chi connectivity index (χ1) is 16.4. The molecule has 8 heteroatoms. The molecule has 3 unspecified atom stereocenters. The van der Waals surface area contributed by atoms with Gasteiger partial charge in [0, 0.05) is 24.5 Å². The standard InChI is InChI=1S/C27H34F3N3O2/c1-25-14-12-18-16(8-11-22-26(18,2)15-13-23(34)33(22)3)17(25)9-10-21(25)32-24(35)31-20-7-5-4-6-19(20)27(28,29)30/h4-7,13,15-18,21-22H,8-12,14H2,1-3H3,(H2,31,32,35)/t16?,17?,18?,21-,22+,25-,26+/m0/s1. The molecule has 35 heavy (non-hydrogen) atoms. The maximum atomic E-state index is 13.3. The van der Waals surface area contributed by atoms with E-state index in [0.29, 0.717) is 17.8 Å². The van der Waals surface area contributed by atoms with E-state index >= 15 is 0 Å². The minimum absolute atomic E-state index is 0.0445. The first-order valence-electron chi connectivity index (χ1n) is 12.6. The van der Waals surface area contributed by atoms with Gasteiger partial charge in [0.1, 0.15) is 0 Å². The number of benzene rings is 1. The van der Waals surface area contributed by atoms with Gasteiger partial charge in [-0.3, -0.25) is 4.79 Å². The van der Waals surface area contributed by atoms with Crippen LogP contribution in [0.25, 0.3) is 0 Å². The fourth-order valence-electron chi connectivity index (χ4n) is 8.13. The number of urea groups is 1. The lowest BCUT2D eigenvalue weighted by atomic mass is 9.48. The largest absolute Gasteiger partial charge is 0.418 e. The fourth-order valence-corrected chi connectivity index (χ4v) is 8.13. The molecule has 0 radical (unpaired) electrons. The van der Waals surface area contributed by atoms with E-state index in [1.54, 1.807) is 6.08 Å². The molecule has 3 fully saturated rings. The summed E-state index contributed by atoms with van der Waals surface area (Å²) in [5.41, 5.74) is -1.21. The Bertz CT molecular complexity index is 1060. The molecular weight excluding hydrogens is 455 g/mol. The lowest BCUT2D eigenvalue weighted by Crippen LogP contribution is -2.60. The summed E-state index contributed by atoms with van der Waals surface area (Å²) >= 11 is 0. The van der Waals surface area contributed by atoms with Gasteiger partial charge in [0.05, 0.1) is 11.3 Å². The molecule has 1 heterocycles. The van der Waals surface area contributed by atoms with E-state index in [1.807, 2.05) is 11.9 Å². The first-order valence-corrected chi connectivity index (χ1v) is 12.6. The monoisotopic (exact) mass is 489 g/mol. The Morgan fingerprint density at radius 1 is 1.06 bits per heavy atom. The average Bonchev–Trinajstić information content (AvgIpc) is 3.12. The van der Waals surface area contributed by atoms with Crippen molar-refractivity contribution in [3.05, 3.63) is 42.0 Å². The minimum Gasteiger partial charge on any atom is -0.338 e. The number of halogens is 3. The van der Waals surface area contributed by atoms with Gasteiger partial charge in [-0.2, -0.15) is 13.2 Å². The molecule has 0 saturated heterocycles. The molecule has 1 aromatic rings. The molecular formula is C27H34F3N3O2. The predicted octanol–water partition coefficient (Wildman–Crippen LogP) is 5.83. The first kappa shape index (κ1) is 24.2. The van der Waals surface area contributed by atoms with E-state index in [9.17, 15) is 22.8 Å². The van der Waals surface area contributed by atoms with Gasteiger partial charge in [0.25, 0.3) is 0 Å². The van der Waals surface area contributed by atoms with Crippen LogP contribution in [0.15, 0.2) is 36.4 Å². The summed E-state index contributed by atoms with van der Waals surface area (Å²) in [7, 11) is 1.91. The second kappa shape index (κ2) is 8.27. The van der Waals surface area contributed by atoms with Gasteiger partial charge >= 0.3 is 12.2 Å². The van der Waals surface area contributed by atoms with Crippen molar-refractivity contribution in [3.63, 3.8) is 0 Å². The predicted molar refractivity (Wildman–Crippen MR) is 127 cm³/mol. The molecule has 0 aromatic heterocycles. The zero-order valence-electron chi connectivity index (χ0n) is 20.5. The topological polar surface area (TPSA) is 61.4 Å². The second-order valence-electron chi connectivity index (χ2n) is 11.4. The molecule has 0 bridgehead atoms. The molecule has 190 valence electrons. The molecule has 3 saturated carbocycles. The number of likely N-dealkylation sites (N-methyl/N-ethyl adjacent to an activating group) is 1. The van der Waals surface area contributed by atoms with Crippen LogP contribution in [0.2, 0.25) is 0 Å². The van der Waals surface area contributed by atoms with Crippen LogP contribution in [-0.2, 0) is 11.0 Å². The number of amides is 3. The second-order valence-corrected chi connectivity index (χ2v) is 11.4. The number of rotatable bonds is 2. The van der Waals surface area contributed by atoms with Crippen molar-refractivity contribution in [2.45, 2.75) is 70.6 Å². The van der Waals surface area contributed by atoms with E-state index in [0.717, 1.165) is 44.6 Å². The number of fused-ring (bicyclic) bond motifs is 5. The molecule has 0 spiro atoms. The molecule has 4 aliphatic rings. The van der Waals surface area contributed by atoms with Crippen LogP contribution in [-0.4, -0.2) is 36.0 Å². The molecule has 5 nitrogen and oxygen atoms in total. The molecule has 7 atom stereocenters.